The molecule has 0 saturated carbocycles. The highest BCUT2D eigenvalue weighted by Gasteiger charge is 1.97. The van der Waals surface area contributed by atoms with E-state index in [0.29, 0.717) is 5.92 Å². The van der Waals surface area contributed by atoms with Gasteiger partial charge in [0.2, 0.25) is 0 Å². The van der Waals surface area contributed by atoms with Crippen LogP contribution in [0.2, 0.25) is 0 Å². The molecule has 0 saturated heterocycles. The number of rotatable bonds is 5. The van der Waals surface area contributed by atoms with Gasteiger partial charge in [-0.3, -0.25) is 0 Å². The van der Waals surface area contributed by atoms with E-state index in [1.807, 2.05) is 6.92 Å². The summed E-state index contributed by atoms with van der Waals surface area (Å²) >= 11 is 1.70. The fourth-order valence-corrected chi connectivity index (χ4v) is 1.88. The molecule has 1 aromatic heterocycles. The fourth-order valence-electron chi connectivity index (χ4n) is 1.31. The normalized spacial score (nSPS) is 12.5. The molecule has 1 heterocycles. The van der Waals surface area contributed by atoms with E-state index in [-0.39, 0.29) is 0 Å². The van der Waals surface area contributed by atoms with Gasteiger partial charge in [0.1, 0.15) is 0 Å². The Morgan fingerprint density at radius 1 is 1.60 bits per heavy atom. The van der Waals surface area contributed by atoms with Crippen molar-refractivity contribution >= 4 is 17.4 Å². The molecule has 0 bridgehead atoms. The van der Waals surface area contributed by atoms with Gasteiger partial charge in [-0.2, -0.15) is 0 Å². The maximum absolute atomic E-state index is 4.41. The van der Waals surface area contributed by atoms with Crippen LogP contribution in [0.4, 0.5) is 0 Å². The molecular formula is C12H20N2S. The molecule has 0 aliphatic carbocycles. The summed E-state index contributed by atoms with van der Waals surface area (Å²) < 4.78 is 0. The van der Waals surface area contributed by atoms with Gasteiger partial charge in [0.25, 0.3) is 0 Å². The topological polar surface area (TPSA) is 24.9 Å². The zero-order valence-corrected chi connectivity index (χ0v) is 10.8. The van der Waals surface area contributed by atoms with Gasteiger partial charge in [0, 0.05) is 11.9 Å². The standard InChI is InChI=1S/C12H20N2S/c1-9(2)6-13-7-10(3)5-12-8-15-11(4)14-12/h5,8-9,13H,6-7H2,1-4H3. The van der Waals surface area contributed by atoms with Gasteiger partial charge < -0.3 is 5.32 Å². The Hall–Kier alpha value is -0.670. The second-order valence-electron chi connectivity index (χ2n) is 4.31. The van der Waals surface area contributed by atoms with Crippen molar-refractivity contribution in [3.8, 4) is 0 Å². The first-order valence-electron chi connectivity index (χ1n) is 5.38. The van der Waals surface area contributed by atoms with Crippen LogP contribution in [0, 0.1) is 12.8 Å². The van der Waals surface area contributed by atoms with E-state index in [1.54, 1.807) is 11.3 Å². The lowest BCUT2D eigenvalue weighted by molar-refractivity contribution is 0.572. The summed E-state index contributed by atoms with van der Waals surface area (Å²) in [6.07, 6.45) is 2.15. The van der Waals surface area contributed by atoms with Crippen molar-refractivity contribution in [3.05, 3.63) is 21.7 Å². The van der Waals surface area contributed by atoms with Gasteiger partial charge in [-0.15, -0.1) is 11.3 Å². The molecule has 1 N–H and O–H groups in total. The van der Waals surface area contributed by atoms with Crippen molar-refractivity contribution in [2.45, 2.75) is 27.7 Å². The number of aryl methyl sites for hydroxylation is 1. The number of hydrogen-bond acceptors (Lipinski definition) is 3. The summed E-state index contributed by atoms with van der Waals surface area (Å²) in [4.78, 5) is 4.41. The fraction of sp³-hybridized carbons (Fsp3) is 0.583. The van der Waals surface area contributed by atoms with Crippen LogP contribution in [-0.4, -0.2) is 18.1 Å². The molecule has 3 heteroatoms. The largest absolute Gasteiger partial charge is 0.313 e. The Labute approximate surface area is 96.4 Å². The van der Waals surface area contributed by atoms with E-state index in [4.69, 9.17) is 0 Å². The van der Waals surface area contributed by atoms with E-state index in [0.717, 1.165) is 23.8 Å². The molecule has 0 spiro atoms. The van der Waals surface area contributed by atoms with E-state index >= 15 is 0 Å². The molecule has 0 atom stereocenters. The van der Waals surface area contributed by atoms with Crippen LogP contribution < -0.4 is 5.32 Å². The average Bonchev–Trinajstić information content (AvgIpc) is 2.50. The minimum atomic E-state index is 0.708. The first-order chi connectivity index (χ1) is 7.08. The number of aromatic nitrogens is 1. The number of nitrogens with zero attached hydrogens (tertiary/aromatic N) is 1. The van der Waals surface area contributed by atoms with Crippen molar-refractivity contribution in [3.63, 3.8) is 0 Å². The summed E-state index contributed by atoms with van der Waals surface area (Å²) in [6, 6.07) is 0. The van der Waals surface area contributed by atoms with Crippen molar-refractivity contribution in [1.29, 1.82) is 0 Å². The summed E-state index contributed by atoms with van der Waals surface area (Å²) in [6.45, 7) is 10.6. The van der Waals surface area contributed by atoms with Gasteiger partial charge in [0.05, 0.1) is 10.7 Å². The predicted molar refractivity (Wildman–Crippen MR) is 68.2 cm³/mol. The highest BCUT2D eigenvalue weighted by molar-refractivity contribution is 7.09. The summed E-state index contributed by atoms with van der Waals surface area (Å²) in [5.41, 5.74) is 2.42. The van der Waals surface area contributed by atoms with Crippen molar-refractivity contribution in [1.82, 2.24) is 10.3 Å². The lowest BCUT2D eigenvalue weighted by Crippen LogP contribution is -2.21. The van der Waals surface area contributed by atoms with Gasteiger partial charge in [0.15, 0.2) is 0 Å². The molecule has 84 valence electrons. The lowest BCUT2D eigenvalue weighted by atomic mass is 10.2. The van der Waals surface area contributed by atoms with Crippen LogP contribution in [0.15, 0.2) is 11.0 Å². The number of nitrogens with one attached hydrogen (secondary N) is 1. The molecule has 0 aliphatic rings. The van der Waals surface area contributed by atoms with Crippen LogP contribution in [0.3, 0.4) is 0 Å². The first-order valence-corrected chi connectivity index (χ1v) is 6.26. The smallest absolute Gasteiger partial charge is 0.0901 e. The average molecular weight is 224 g/mol. The van der Waals surface area contributed by atoms with Gasteiger partial charge in [-0.25, -0.2) is 4.98 Å². The first kappa shape index (κ1) is 12.4. The second kappa shape index (κ2) is 6.03. The zero-order valence-electron chi connectivity index (χ0n) is 10.0. The van der Waals surface area contributed by atoms with Crippen molar-refractivity contribution in [2.24, 2.45) is 5.92 Å². The Balaban J connectivity index is 2.39. The molecular weight excluding hydrogens is 204 g/mol. The summed E-state index contributed by atoms with van der Waals surface area (Å²) in [5.74, 6) is 0.708. The minimum Gasteiger partial charge on any atom is -0.313 e. The summed E-state index contributed by atoms with van der Waals surface area (Å²) in [7, 11) is 0. The van der Waals surface area contributed by atoms with E-state index in [1.165, 1.54) is 5.57 Å². The quantitative estimate of drug-likeness (QED) is 0.831. The molecule has 0 unspecified atom stereocenters. The Kier molecular flexibility index (Phi) is 4.99. The van der Waals surface area contributed by atoms with Gasteiger partial charge >= 0.3 is 0 Å². The third kappa shape index (κ3) is 5.09. The maximum atomic E-state index is 4.41. The third-order valence-corrected chi connectivity index (χ3v) is 2.78. The van der Waals surface area contributed by atoms with Crippen LogP contribution in [0.5, 0.6) is 0 Å². The van der Waals surface area contributed by atoms with Gasteiger partial charge in [-0.05, 0) is 32.4 Å². The third-order valence-electron chi connectivity index (χ3n) is 1.99. The SMILES string of the molecule is CC(=Cc1csc(C)n1)CNCC(C)C. The lowest BCUT2D eigenvalue weighted by Gasteiger charge is -2.06. The zero-order chi connectivity index (χ0) is 11.3. The molecule has 1 rings (SSSR count). The minimum absolute atomic E-state index is 0.708. The molecule has 2 nitrogen and oxygen atoms in total. The molecule has 0 fully saturated rings. The molecule has 1 aromatic rings. The maximum Gasteiger partial charge on any atom is 0.0901 e. The molecule has 0 aliphatic heterocycles. The Morgan fingerprint density at radius 2 is 2.33 bits per heavy atom. The monoisotopic (exact) mass is 224 g/mol. The van der Waals surface area contributed by atoms with Crippen molar-refractivity contribution < 1.29 is 0 Å². The van der Waals surface area contributed by atoms with Gasteiger partial charge in [-0.1, -0.05) is 19.4 Å². The van der Waals surface area contributed by atoms with Crippen LogP contribution >= 0.6 is 11.3 Å². The van der Waals surface area contributed by atoms with Crippen LogP contribution in [-0.2, 0) is 0 Å². The summed E-state index contributed by atoms with van der Waals surface area (Å²) in [5, 5.41) is 6.65. The second-order valence-corrected chi connectivity index (χ2v) is 5.37. The highest BCUT2D eigenvalue weighted by Crippen LogP contribution is 2.11. The Bertz CT molecular complexity index is 326. The van der Waals surface area contributed by atoms with E-state index in [9.17, 15) is 0 Å². The Morgan fingerprint density at radius 3 is 2.87 bits per heavy atom. The molecule has 0 radical (unpaired) electrons. The number of thiazole rings is 1. The molecule has 0 aromatic carbocycles. The number of hydrogen-bond donors (Lipinski definition) is 1. The van der Waals surface area contributed by atoms with E-state index in [2.05, 4.69) is 42.5 Å². The van der Waals surface area contributed by atoms with E-state index < -0.39 is 0 Å². The predicted octanol–water partition coefficient (Wildman–Crippen LogP) is 3.10. The van der Waals surface area contributed by atoms with Crippen LogP contribution in [0.25, 0.3) is 6.08 Å². The highest BCUT2D eigenvalue weighted by atomic mass is 32.1. The molecule has 0 amide bonds. The van der Waals surface area contributed by atoms with Crippen molar-refractivity contribution in [2.75, 3.05) is 13.1 Å². The molecule has 15 heavy (non-hydrogen) atoms. The van der Waals surface area contributed by atoms with Crippen LogP contribution in [0.1, 0.15) is 31.5 Å².